The highest BCUT2D eigenvalue weighted by atomic mass is 16.4. The van der Waals surface area contributed by atoms with Gasteiger partial charge in [0.05, 0.1) is 0 Å². The lowest BCUT2D eigenvalue weighted by Crippen LogP contribution is -2.25. The third kappa shape index (κ3) is 5.53. The second kappa shape index (κ2) is 7.00. The maximum atomic E-state index is 11.7. The standard InChI is InChI=1S/C12H15N3O4/c13-12(19)15-9-5-3-8(4-6-9)11(18)14-7-1-2-10(16)17/h3-6H,1-2,7H2,(H,14,18)(H,16,17)(H3,13,15,19). The first kappa shape index (κ1) is 14.5. The Morgan fingerprint density at radius 3 is 2.32 bits per heavy atom. The van der Waals surface area contributed by atoms with Crippen molar-refractivity contribution in [1.29, 1.82) is 0 Å². The van der Waals surface area contributed by atoms with Gasteiger partial charge in [-0.05, 0) is 30.7 Å². The minimum atomic E-state index is -0.892. The lowest BCUT2D eigenvalue weighted by atomic mass is 10.2. The molecule has 1 aromatic rings. The van der Waals surface area contributed by atoms with Crippen molar-refractivity contribution < 1.29 is 19.5 Å². The number of benzene rings is 1. The van der Waals surface area contributed by atoms with Gasteiger partial charge >= 0.3 is 12.0 Å². The Hall–Kier alpha value is -2.57. The van der Waals surface area contributed by atoms with Crippen LogP contribution in [0.4, 0.5) is 10.5 Å². The van der Waals surface area contributed by atoms with E-state index < -0.39 is 12.0 Å². The number of carboxylic acids is 1. The van der Waals surface area contributed by atoms with Crippen LogP contribution in [0.3, 0.4) is 0 Å². The van der Waals surface area contributed by atoms with Gasteiger partial charge in [0.25, 0.3) is 5.91 Å². The largest absolute Gasteiger partial charge is 0.481 e. The lowest BCUT2D eigenvalue weighted by Gasteiger charge is -2.05. The van der Waals surface area contributed by atoms with E-state index in [-0.39, 0.29) is 12.3 Å². The van der Waals surface area contributed by atoms with E-state index in [9.17, 15) is 14.4 Å². The van der Waals surface area contributed by atoms with Gasteiger partial charge in [-0.1, -0.05) is 0 Å². The molecular formula is C12H15N3O4. The summed E-state index contributed by atoms with van der Waals surface area (Å²) in [5, 5.41) is 13.4. The minimum Gasteiger partial charge on any atom is -0.481 e. The van der Waals surface area contributed by atoms with Crippen LogP contribution in [-0.2, 0) is 4.79 Å². The smallest absolute Gasteiger partial charge is 0.316 e. The Morgan fingerprint density at radius 2 is 1.79 bits per heavy atom. The number of urea groups is 1. The van der Waals surface area contributed by atoms with Gasteiger partial charge in [-0.3, -0.25) is 9.59 Å². The Bertz CT molecular complexity index is 470. The highest BCUT2D eigenvalue weighted by Gasteiger charge is 2.05. The van der Waals surface area contributed by atoms with Crippen molar-refractivity contribution in [3.63, 3.8) is 0 Å². The molecule has 0 aromatic heterocycles. The van der Waals surface area contributed by atoms with Crippen molar-refractivity contribution in [1.82, 2.24) is 5.32 Å². The molecule has 0 aliphatic heterocycles. The number of hydrogen-bond donors (Lipinski definition) is 4. The van der Waals surface area contributed by atoms with E-state index in [1.807, 2.05) is 0 Å². The Kier molecular flexibility index (Phi) is 5.34. The van der Waals surface area contributed by atoms with Gasteiger partial charge < -0.3 is 21.5 Å². The number of carbonyl (C=O) groups is 3. The van der Waals surface area contributed by atoms with Crippen LogP contribution in [0.25, 0.3) is 0 Å². The number of hydrogen-bond acceptors (Lipinski definition) is 3. The van der Waals surface area contributed by atoms with Crippen molar-refractivity contribution in [3.05, 3.63) is 29.8 Å². The maximum Gasteiger partial charge on any atom is 0.316 e. The summed E-state index contributed by atoms with van der Waals surface area (Å²) in [4.78, 5) is 32.5. The molecule has 102 valence electrons. The van der Waals surface area contributed by atoms with Gasteiger partial charge in [-0.15, -0.1) is 0 Å². The van der Waals surface area contributed by atoms with E-state index in [1.54, 1.807) is 12.1 Å². The van der Waals surface area contributed by atoms with Crippen molar-refractivity contribution in [3.8, 4) is 0 Å². The Labute approximate surface area is 109 Å². The molecule has 19 heavy (non-hydrogen) atoms. The molecule has 7 heteroatoms. The summed E-state index contributed by atoms with van der Waals surface area (Å²) in [6, 6.07) is 5.51. The van der Waals surface area contributed by atoms with Crippen molar-refractivity contribution in [2.45, 2.75) is 12.8 Å². The van der Waals surface area contributed by atoms with E-state index in [2.05, 4.69) is 10.6 Å². The van der Waals surface area contributed by atoms with Crippen LogP contribution in [0.5, 0.6) is 0 Å². The minimum absolute atomic E-state index is 0.0156. The number of carboxylic acid groups (broad SMARTS) is 1. The highest BCUT2D eigenvalue weighted by molar-refractivity contribution is 5.95. The average molecular weight is 265 g/mol. The first-order valence-electron chi connectivity index (χ1n) is 5.65. The van der Waals surface area contributed by atoms with Crippen molar-refractivity contribution in [2.75, 3.05) is 11.9 Å². The SMILES string of the molecule is NC(=O)Nc1ccc(C(=O)NCCCC(=O)O)cc1. The molecule has 0 unspecified atom stereocenters. The zero-order valence-corrected chi connectivity index (χ0v) is 10.2. The quantitative estimate of drug-likeness (QED) is 0.567. The number of rotatable bonds is 6. The van der Waals surface area contributed by atoms with E-state index in [4.69, 9.17) is 10.8 Å². The summed E-state index contributed by atoms with van der Waals surface area (Å²) in [5.41, 5.74) is 5.87. The maximum absolute atomic E-state index is 11.7. The van der Waals surface area contributed by atoms with Crippen molar-refractivity contribution in [2.24, 2.45) is 5.73 Å². The summed E-state index contributed by atoms with van der Waals surface area (Å²) in [5.74, 6) is -1.19. The van der Waals surface area contributed by atoms with Crippen LogP contribution in [0.15, 0.2) is 24.3 Å². The summed E-state index contributed by atoms with van der Waals surface area (Å²) in [6.45, 7) is 0.298. The molecule has 7 nitrogen and oxygen atoms in total. The summed E-state index contributed by atoms with van der Waals surface area (Å²) in [6.07, 6.45) is 0.393. The molecule has 0 atom stereocenters. The molecule has 1 rings (SSSR count). The zero-order chi connectivity index (χ0) is 14.3. The molecule has 0 radical (unpaired) electrons. The van der Waals surface area contributed by atoms with Crippen LogP contribution in [0, 0.1) is 0 Å². The molecule has 0 spiro atoms. The highest BCUT2D eigenvalue weighted by Crippen LogP contribution is 2.09. The fraction of sp³-hybridized carbons (Fsp3) is 0.250. The Balaban J connectivity index is 2.44. The third-order valence-electron chi connectivity index (χ3n) is 2.27. The number of nitrogens with one attached hydrogen (secondary N) is 2. The van der Waals surface area contributed by atoms with Gasteiger partial charge in [0.2, 0.25) is 0 Å². The number of nitrogens with two attached hydrogens (primary N) is 1. The molecule has 0 saturated carbocycles. The molecule has 5 N–H and O–H groups in total. The number of anilines is 1. The first-order valence-corrected chi connectivity index (χ1v) is 5.65. The molecule has 0 saturated heterocycles. The van der Waals surface area contributed by atoms with E-state index in [1.165, 1.54) is 12.1 Å². The summed E-state index contributed by atoms with van der Waals surface area (Å²) >= 11 is 0. The average Bonchev–Trinajstić information content (AvgIpc) is 2.34. The molecule has 3 amide bonds. The molecule has 0 heterocycles. The van der Waals surface area contributed by atoms with E-state index in [0.717, 1.165) is 0 Å². The second-order valence-corrected chi connectivity index (χ2v) is 3.82. The number of aliphatic carboxylic acids is 1. The predicted octanol–water partition coefficient (Wildman–Crippen LogP) is 0.772. The summed E-state index contributed by atoms with van der Waals surface area (Å²) in [7, 11) is 0. The molecular weight excluding hydrogens is 250 g/mol. The monoisotopic (exact) mass is 265 g/mol. The van der Waals surface area contributed by atoms with Crippen LogP contribution in [0.1, 0.15) is 23.2 Å². The van der Waals surface area contributed by atoms with Gasteiger partial charge in [-0.2, -0.15) is 0 Å². The van der Waals surface area contributed by atoms with Crippen LogP contribution >= 0.6 is 0 Å². The molecule has 1 aromatic carbocycles. The van der Waals surface area contributed by atoms with Crippen LogP contribution in [-0.4, -0.2) is 29.6 Å². The lowest BCUT2D eigenvalue weighted by molar-refractivity contribution is -0.137. The third-order valence-corrected chi connectivity index (χ3v) is 2.27. The molecule has 0 fully saturated rings. The number of primary amides is 1. The van der Waals surface area contributed by atoms with E-state index >= 15 is 0 Å². The molecule has 0 aliphatic carbocycles. The molecule has 0 bridgehead atoms. The fourth-order valence-corrected chi connectivity index (χ4v) is 1.39. The predicted molar refractivity (Wildman–Crippen MR) is 68.9 cm³/mol. The van der Waals surface area contributed by atoms with E-state index in [0.29, 0.717) is 24.2 Å². The summed E-state index contributed by atoms with van der Waals surface area (Å²) < 4.78 is 0. The van der Waals surface area contributed by atoms with Crippen molar-refractivity contribution >= 4 is 23.6 Å². The first-order chi connectivity index (χ1) is 8.99. The zero-order valence-electron chi connectivity index (χ0n) is 10.2. The normalized spacial score (nSPS) is 9.68. The number of amides is 3. The second-order valence-electron chi connectivity index (χ2n) is 3.82. The Morgan fingerprint density at radius 1 is 1.16 bits per heavy atom. The topological polar surface area (TPSA) is 122 Å². The van der Waals surface area contributed by atoms with Gasteiger partial charge in [0.15, 0.2) is 0 Å². The molecule has 0 aliphatic rings. The van der Waals surface area contributed by atoms with Gasteiger partial charge in [0.1, 0.15) is 0 Å². The van der Waals surface area contributed by atoms with Crippen LogP contribution < -0.4 is 16.4 Å². The van der Waals surface area contributed by atoms with Gasteiger partial charge in [-0.25, -0.2) is 4.79 Å². The number of carbonyl (C=O) groups excluding carboxylic acids is 2. The fourth-order valence-electron chi connectivity index (χ4n) is 1.39. The van der Waals surface area contributed by atoms with Crippen LogP contribution in [0.2, 0.25) is 0 Å². The van der Waals surface area contributed by atoms with Gasteiger partial charge in [0, 0.05) is 24.2 Å².